The predicted octanol–water partition coefficient (Wildman–Crippen LogP) is 1.44. The Bertz CT molecular complexity index is 637. The first-order valence-corrected chi connectivity index (χ1v) is 7.42. The van der Waals surface area contributed by atoms with Gasteiger partial charge < -0.3 is 10.1 Å². The molecule has 2 rings (SSSR count). The van der Waals surface area contributed by atoms with Gasteiger partial charge in [0.2, 0.25) is 5.91 Å². The summed E-state index contributed by atoms with van der Waals surface area (Å²) in [4.78, 5) is 33.9. The minimum absolute atomic E-state index is 0.0395. The highest BCUT2D eigenvalue weighted by Crippen LogP contribution is 2.18. The van der Waals surface area contributed by atoms with E-state index in [4.69, 9.17) is 4.74 Å². The van der Waals surface area contributed by atoms with Crippen LogP contribution in [0.5, 0.6) is 0 Å². The Hall–Kier alpha value is -2.70. The summed E-state index contributed by atoms with van der Waals surface area (Å²) >= 11 is 0. The summed E-state index contributed by atoms with van der Waals surface area (Å²) in [5.41, 5.74) is 4.76. The molecule has 1 aromatic carbocycles. The standard InChI is InChI=1S/C16H19N3O4/c1-3-15(22)23-9-14(21)17-12-6-4-11(5-7-12)16-10(2)8-13(20)18-19-16/h4-7,10H,3,8-9H2,1-2H3,(H,17,21)(H,18,20). The third-order valence-electron chi connectivity index (χ3n) is 3.38. The zero-order valence-electron chi connectivity index (χ0n) is 13.1. The quantitative estimate of drug-likeness (QED) is 0.803. The number of benzene rings is 1. The zero-order chi connectivity index (χ0) is 16.8. The second kappa shape index (κ2) is 7.53. The largest absolute Gasteiger partial charge is 0.456 e. The molecule has 7 heteroatoms. The van der Waals surface area contributed by atoms with Crippen molar-refractivity contribution in [1.82, 2.24) is 5.43 Å². The zero-order valence-corrected chi connectivity index (χ0v) is 13.1. The fourth-order valence-electron chi connectivity index (χ4n) is 2.17. The topological polar surface area (TPSA) is 96.9 Å². The maximum Gasteiger partial charge on any atom is 0.306 e. The van der Waals surface area contributed by atoms with Gasteiger partial charge in [0.05, 0.1) is 5.71 Å². The molecule has 0 aromatic heterocycles. The summed E-state index contributed by atoms with van der Waals surface area (Å²) in [6, 6.07) is 7.11. The average molecular weight is 317 g/mol. The average Bonchev–Trinajstić information content (AvgIpc) is 2.53. The Morgan fingerprint density at radius 1 is 1.35 bits per heavy atom. The number of carbonyl (C=O) groups excluding carboxylic acids is 3. The fourth-order valence-corrected chi connectivity index (χ4v) is 2.17. The van der Waals surface area contributed by atoms with Crippen LogP contribution in [0, 0.1) is 5.92 Å². The fraction of sp³-hybridized carbons (Fsp3) is 0.375. The van der Waals surface area contributed by atoms with Crippen LogP contribution in [0.1, 0.15) is 32.3 Å². The highest BCUT2D eigenvalue weighted by molar-refractivity contribution is 6.06. The summed E-state index contributed by atoms with van der Waals surface area (Å²) < 4.78 is 4.76. The monoisotopic (exact) mass is 317 g/mol. The molecule has 0 bridgehead atoms. The van der Waals surface area contributed by atoms with Gasteiger partial charge in [0.1, 0.15) is 0 Å². The van der Waals surface area contributed by atoms with Crippen LogP contribution >= 0.6 is 0 Å². The van der Waals surface area contributed by atoms with Crippen LogP contribution < -0.4 is 10.7 Å². The molecule has 0 saturated heterocycles. The van der Waals surface area contributed by atoms with E-state index in [2.05, 4.69) is 15.8 Å². The van der Waals surface area contributed by atoms with E-state index in [0.29, 0.717) is 12.1 Å². The molecule has 1 aliphatic rings. The molecular formula is C16H19N3O4. The first kappa shape index (κ1) is 16.7. The number of hydrazone groups is 1. The summed E-state index contributed by atoms with van der Waals surface area (Å²) in [6.07, 6.45) is 0.638. The Labute approximate surface area is 134 Å². The van der Waals surface area contributed by atoms with Gasteiger partial charge in [0.15, 0.2) is 6.61 Å². The van der Waals surface area contributed by atoms with E-state index in [1.165, 1.54) is 0 Å². The highest BCUT2D eigenvalue weighted by atomic mass is 16.5. The summed E-state index contributed by atoms with van der Waals surface area (Å²) in [6.45, 7) is 3.30. The van der Waals surface area contributed by atoms with Crippen molar-refractivity contribution < 1.29 is 19.1 Å². The van der Waals surface area contributed by atoms with Crippen LogP contribution in [0.25, 0.3) is 0 Å². The maximum absolute atomic E-state index is 11.6. The molecule has 23 heavy (non-hydrogen) atoms. The SMILES string of the molecule is CCC(=O)OCC(=O)Nc1ccc(C2=NNC(=O)CC2C)cc1. The molecule has 0 saturated carbocycles. The van der Waals surface area contributed by atoms with E-state index in [1.54, 1.807) is 19.1 Å². The molecule has 0 fully saturated rings. The van der Waals surface area contributed by atoms with Crippen molar-refractivity contribution in [2.75, 3.05) is 11.9 Å². The third-order valence-corrected chi connectivity index (χ3v) is 3.38. The number of hydrogen-bond acceptors (Lipinski definition) is 5. The first-order valence-electron chi connectivity index (χ1n) is 7.42. The summed E-state index contributed by atoms with van der Waals surface area (Å²) in [5, 5.41) is 6.73. The molecule has 1 unspecified atom stereocenters. The number of anilines is 1. The van der Waals surface area contributed by atoms with E-state index in [-0.39, 0.29) is 24.9 Å². The lowest BCUT2D eigenvalue weighted by atomic mass is 9.94. The van der Waals surface area contributed by atoms with Crippen LogP contribution in [-0.4, -0.2) is 30.1 Å². The van der Waals surface area contributed by atoms with E-state index in [0.717, 1.165) is 11.3 Å². The molecule has 0 radical (unpaired) electrons. The second-order valence-corrected chi connectivity index (χ2v) is 5.28. The Morgan fingerprint density at radius 2 is 2.04 bits per heavy atom. The van der Waals surface area contributed by atoms with Crippen molar-refractivity contribution >= 4 is 29.2 Å². The molecule has 1 aliphatic heterocycles. The molecule has 2 N–H and O–H groups in total. The molecule has 0 spiro atoms. The smallest absolute Gasteiger partial charge is 0.306 e. The van der Waals surface area contributed by atoms with Gasteiger partial charge in [-0.15, -0.1) is 0 Å². The van der Waals surface area contributed by atoms with Gasteiger partial charge >= 0.3 is 5.97 Å². The van der Waals surface area contributed by atoms with E-state index in [9.17, 15) is 14.4 Å². The van der Waals surface area contributed by atoms with Crippen molar-refractivity contribution in [1.29, 1.82) is 0 Å². The van der Waals surface area contributed by atoms with Gasteiger partial charge in [-0.05, 0) is 17.7 Å². The van der Waals surface area contributed by atoms with Crippen LogP contribution in [0.3, 0.4) is 0 Å². The number of rotatable bonds is 5. The minimum atomic E-state index is -0.415. The normalized spacial score (nSPS) is 17.0. The second-order valence-electron chi connectivity index (χ2n) is 5.28. The lowest BCUT2D eigenvalue weighted by Crippen LogP contribution is -2.31. The minimum Gasteiger partial charge on any atom is -0.456 e. The van der Waals surface area contributed by atoms with Crippen LogP contribution in [0.4, 0.5) is 5.69 Å². The highest BCUT2D eigenvalue weighted by Gasteiger charge is 2.21. The molecular weight excluding hydrogens is 298 g/mol. The lowest BCUT2D eigenvalue weighted by molar-refractivity contribution is -0.146. The van der Waals surface area contributed by atoms with Crippen LogP contribution in [0.15, 0.2) is 29.4 Å². The van der Waals surface area contributed by atoms with Crippen LogP contribution in [0.2, 0.25) is 0 Å². The Morgan fingerprint density at radius 3 is 2.65 bits per heavy atom. The van der Waals surface area contributed by atoms with Gasteiger partial charge in [-0.3, -0.25) is 14.4 Å². The van der Waals surface area contributed by atoms with Gasteiger partial charge in [-0.2, -0.15) is 5.10 Å². The number of hydrogen-bond donors (Lipinski definition) is 2. The lowest BCUT2D eigenvalue weighted by Gasteiger charge is -2.19. The number of nitrogens with one attached hydrogen (secondary N) is 2. The van der Waals surface area contributed by atoms with Crippen molar-refractivity contribution in [3.63, 3.8) is 0 Å². The van der Waals surface area contributed by atoms with Crippen molar-refractivity contribution in [2.24, 2.45) is 11.0 Å². The van der Waals surface area contributed by atoms with Crippen molar-refractivity contribution in [3.05, 3.63) is 29.8 Å². The Balaban J connectivity index is 1.96. The Kier molecular flexibility index (Phi) is 5.46. The van der Waals surface area contributed by atoms with E-state index < -0.39 is 11.9 Å². The number of amides is 2. The number of esters is 1. The summed E-state index contributed by atoms with van der Waals surface area (Å²) in [7, 11) is 0. The first-order chi connectivity index (χ1) is 11.0. The molecule has 122 valence electrons. The number of ether oxygens (including phenoxy) is 1. The van der Waals surface area contributed by atoms with Gasteiger partial charge in [-0.25, -0.2) is 5.43 Å². The number of nitrogens with zero attached hydrogens (tertiary/aromatic N) is 1. The maximum atomic E-state index is 11.6. The van der Waals surface area contributed by atoms with Crippen molar-refractivity contribution in [2.45, 2.75) is 26.7 Å². The molecule has 7 nitrogen and oxygen atoms in total. The van der Waals surface area contributed by atoms with Crippen LogP contribution in [-0.2, 0) is 19.1 Å². The van der Waals surface area contributed by atoms with Gasteiger partial charge in [0.25, 0.3) is 5.91 Å². The summed E-state index contributed by atoms with van der Waals surface area (Å²) in [5.74, 6) is -0.860. The van der Waals surface area contributed by atoms with Gasteiger partial charge in [0, 0.05) is 24.4 Å². The van der Waals surface area contributed by atoms with E-state index in [1.807, 2.05) is 19.1 Å². The number of carbonyl (C=O) groups is 3. The molecule has 1 heterocycles. The van der Waals surface area contributed by atoms with E-state index >= 15 is 0 Å². The predicted molar refractivity (Wildman–Crippen MR) is 84.8 cm³/mol. The molecule has 0 aliphatic carbocycles. The van der Waals surface area contributed by atoms with Crippen molar-refractivity contribution in [3.8, 4) is 0 Å². The molecule has 1 atom stereocenters. The van der Waals surface area contributed by atoms with Gasteiger partial charge in [-0.1, -0.05) is 26.0 Å². The third kappa shape index (κ3) is 4.64. The molecule has 2 amide bonds. The molecule has 1 aromatic rings.